The molecular weight excluding hydrogens is 847 g/mol. The third-order valence-corrected chi connectivity index (χ3v) is 10.6. The first-order valence-electron chi connectivity index (χ1n) is 18.1. The van der Waals surface area contributed by atoms with Gasteiger partial charge in [-0.1, -0.05) is 39.0 Å². The van der Waals surface area contributed by atoms with Gasteiger partial charge in [0.2, 0.25) is 0 Å². The Morgan fingerprint density at radius 2 is 1.47 bits per heavy atom. The lowest BCUT2D eigenvalue weighted by atomic mass is 9.84. The molecule has 0 N–H and O–H groups in total. The molecule has 0 amide bonds. The van der Waals surface area contributed by atoms with E-state index in [9.17, 15) is 48.7 Å². The number of rotatable bonds is 14. The highest BCUT2D eigenvalue weighted by Gasteiger charge is 2.42. The maximum atomic E-state index is 15.0. The second kappa shape index (κ2) is 19.1. The lowest BCUT2D eigenvalue weighted by Gasteiger charge is -2.33. The standard InChI is InChI=1S/C41H41Cl2F10NO5/c1-7-29(42)12-23-8-11-34(36(13-23)57-6)58-38(55)59-37(24-14-27(40(48,49)50)17-28(15-24)41(51,52)53)22(4)54(43)20-25-16-26(39(45,46)47)9-10-30(25)32-18-31(21(2)3)33(44)19-35(32)56-5/h8,10-11,13-19,21-22,26,29,37H,7,9,12,20H2,1-6H3. The Morgan fingerprint density at radius 1 is 0.864 bits per heavy atom. The first-order valence-corrected chi connectivity index (χ1v) is 18.9. The summed E-state index contributed by atoms with van der Waals surface area (Å²) >= 11 is 13.0. The highest BCUT2D eigenvalue weighted by atomic mass is 35.5. The molecule has 324 valence electrons. The highest BCUT2D eigenvalue weighted by Crippen LogP contribution is 2.44. The fourth-order valence-corrected chi connectivity index (χ4v) is 6.81. The Labute approximate surface area is 344 Å². The van der Waals surface area contributed by atoms with E-state index >= 15 is 0 Å². The zero-order chi connectivity index (χ0) is 44.2. The maximum Gasteiger partial charge on any atom is 0.514 e. The molecule has 0 aromatic heterocycles. The van der Waals surface area contributed by atoms with E-state index < -0.39 is 78.2 Å². The van der Waals surface area contributed by atoms with Gasteiger partial charge in [-0.2, -0.15) is 39.5 Å². The molecule has 0 heterocycles. The van der Waals surface area contributed by atoms with Crippen LogP contribution < -0.4 is 14.2 Å². The van der Waals surface area contributed by atoms with Crippen molar-refractivity contribution in [2.24, 2.45) is 5.92 Å². The van der Waals surface area contributed by atoms with Crippen molar-refractivity contribution in [3.63, 3.8) is 0 Å². The number of methoxy groups -OCH3 is 2. The Hall–Kier alpha value is -4.15. The van der Waals surface area contributed by atoms with Crippen LogP contribution in [-0.2, 0) is 23.5 Å². The van der Waals surface area contributed by atoms with Crippen LogP contribution >= 0.6 is 23.4 Å². The van der Waals surface area contributed by atoms with E-state index in [0.717, 1.165) is 16.6 Å². The summed E-state index contributed by atoms with van der Waals surface area (Å²) in [5.41, 5.74) is -3.16. The quantitative estimate of drug-likeness (QED) is 0.0528. The van der Waals surface area contributed by atoms with Gasteiger partial charge in [-0.15, -0.1) is 11.6 Å². The third kappa shape index (κ3) is 12.0. The molecule has 4 atom stereocenters. The molecule has 0 bridgehead atoms. The first-order chi connectivity index (χ1) is 27.4. The highest BCUT2D eigenvalue weighted by molar-refractivity contribution is 6.20. The summed E-state index contributed by atoms with van der Waals surface area (Å²) in [4.78, 5) is 13.4. The molecule has 4 unspecified atom stereocenters. The number of nitrogens with zero attached hydrogens (tertiary/aromatic N) is 1. The van der Waals surface area contributed by atoms with Crippen molar-refractivity contribution in [2.75, 3.05) is 20.8 Å². The van der Waals surface area contributed by atoms with E-state index in [-0.39, 0.29) is 56.9 Å². The van der Waals surface area contributed by atoms with E-state index in [1.165, 1.54) is 45.4 Å². The number of halogens is 12. The second-order valence-corrected chi connectivity index (χ2v) is 15.2. The fraction of sp³-hybridized carbons (Fsp3) is 0.439. The minimum atomic E-state index is -5.30. The molecule has 3 aromatic rings. The average Bonchev–Trinajstić information content (AvgIpc) is 3.15. The Balaban J connectivity index is 1.81. The maximum absolute atomic E-state index is 15.0. The molecule has 1 aliphatic rings. The summed E-state index contributed by atoms with van der Waals surface area (Å²) in [6.07, 6.45) is -16.4. The summed E-state index contributed by atoms with van der Waals surface area (Å²) in [6, 6.07) is 5.85. The molecule has 3 aromatic carbocycles. The van der Waals surface area contributed by atoms with E-state index in [1.807, 2.05) is 6.92 Å². The molecule has 0 fully saturated rings. The van der Waals surface area contributed by atoms with Crippen molar-refractivity contribution >= 4 is 35.1 Å². The van der Waals surface area contributed by atoms with Crippen molar-refractivity contribution in [2.45, 2.75) is 88.9 Å². The summed E-state index contributed by atoms with van der Waals surface area (Å²) in [7, 11) is 2.48. The minimum Gasteiger partial charge on any atom is -0.496 e. The molecular formula is C41H41Cl2F10NO5. The normalized spacial score (nSPS) is 16.6. The first kappa shape index (κ1) is 47.5. The SMILES string of the molecule is CCC(Cl)Cc1ccc(OC(=O)OC(c2cc(C(F)(F)F)cc(C(F)(F)F)c2)C(C)N(Cl)CC2=CC(C(F)(F)F)CC=C2c2cc(C(C)C)c(F)cc2OC)c(OC)c1. The number of alkyl halides is 10. The minimum absolute atomic E-state index is 0.0148. The van der Waals surface area contributed by atoms with Gasteiger partial charge in [0.1, 0.15) is 17.7 Å². The van der Waals surface area contributed by atoms with Crippen LogP contribution in [-0.4, -0.2) is 48.9 Å². The van der Waals surface area contributed by atoms with Crippen LogP contribution in [0.3, 0.4) is 0 Å². The summed E-state index contributed by atoms with van der Waals surface area (Å²) < 4.78 is 164. The zero-order valence-electron chi connectivity index (χ0n) is 32.5. The van der Waals surface area contributed by atoms with Crippen molar-refractivity contribution in [3.8, 4) is 17.2 Å². The van der Waals surface area contributed by atoms with E-state index in [1.54, 1.807) is 19.9 Å². The van der Waals surface area contributed by atoms with Crippen LogP contribution in [0.5, 0.6) is 17.2 Å². The topological polar surface area (TPSA) is 57.2 Å². The molecule has 0 radical (unpaired) electrons. The predicted molar refractivity (Wildman–Crippen MR) is 202 cm³/mol. The zero-order valence-corrected chi connectivity index (χ0v) is 34.0. The fourth-order valence-electron chi connectivity index (χ4n) is 6.40. The van der Waals surface area contributed by atoms with Crippen LogP contribution in [0, 0.1) is 11.7 Å². The van der Waals surface area contributed by atoms with Gasteiger partial charge in [-0.3, -0.25) is 0 Å². The number of hydrogen-bond donors (Lipinski definition) is 0. The summed E-state index contributed by atoms with van der Waals surface area (Å²) in [5.74, 6) is -3.28. The van der Waals surface area contributed by atoms with Crippen LogP contribution in [0.2, 0.25) is 0 Å². The van der Waals surface area contributed by atoms with E-state index in [4.69, 9.17) is 42.3 Å². The third-order valence-electron chi connectivity index (χ3n) is 9.66. The second-order valence-electron chi connectivity index (χ2n) is 14.1. The lowest BCUT2D eigenvalue weighted by Crippen LogP contribution is -2.36. The number of allylic oxidation sites excluding steroid dienone is 2. The van der Waals surface area contributed by atoms with Crippen molar-refractivity contribution in [1.29, 1.82) is 0 Å². The van der Waals surface area contributed by atoms with E-state index in [0.29, 0.717) is 30.5 Å². The van der Waals surface area contributed by atoms with Gasteiger partial charge in [-0.25, -0.2) is 13.6 Å². The van der Waals surface area contributed by atoms with Crippen LogP contribution in [0.15, 0.2) is 66.3 Å². The molecule has 1 aliphatic carbocycles. The summed E-state index contributed by atoms with van der Waals surface area (Å²) in [6.45, 7) is 5.79. The number of benzene rings is 3. The molecule has 59 heavy (non-hydrogen) atoms. The van der Waals surface area contributed by atoms with Crippen LogP contribution in [0.1, 0.15) is 85.9 Å². The molecule has 0 saturated heterocycles. The van der Waals surface area contributed by atoms with Gasteiger partial charge in [0.05, 0.1) is 37.3 Å². The predicted octanol–water partition coefficient (Wildman–Crippen LogP) is 13.3. The van der Waals surface area contributed by atoms with Crippen molar-refractivity contribution in [1.82, 2.24) is 4.42 Å². The number of hydrogen-bond acceptors (Lipinski definition) is 6. The van der Waals surface area contributed by atoms with Crippen molar-refractivity contribution in [3.05, 3.63) is 105 Å². The monoisotopic (exact) mass is 887 g/mol. The molecule has 6 nitrogen and oxygen atoms in total. The Morgan fingerprint density at radius 3 is 2.00 bits per heavy atom. The molecule has 4 rings (SSSR count). The largest absolute Gasteiger partial charge is 0.514 e. The van der Waals surface area contributed by atoms with Gasteiger partial charge in [0.15, 0.2) is 11.5 Å². The smallest absolute Gasteiger partial charge is 0.496 e. The molecule has 0 aliphatic heterocycles. The van der Waals surface area contributed by atoms with Crippen LogP contribution in [0.25, 0.3) is 5.57 Å². The summed E-state index contributed by atoms with van der Waals surface area (Å²) in [5, 5.41) is -0.239. The van der Waals surface area contributed by atoms with Gasteiger partial charge >= 0.3 is 24.7 Å². The number of ether oxygens (including phenoxy) is 4. The lowest BCUT2D eigenvalue weighted by molar-refractivity contribution is -0.160. The Bertz CT molecular complexity index is 2000. The number of carbonyl (C=O) groups excluding carboxylic acids is 1. The molecule has 0 saturated carbocycles. The van der Waals surface area contributed by atoms with Gasteiger partial charge in [-0.05, 0) is 108 Å². The van der Waals surface area contributed by atoms with Gasteiger partial charge in [0, 0.05) is 23.6 Å². The van der Waals surface area contributed by atoms with Crippen molar-refractivity contribution < 1.29 is 67.6 Å². The van der Waals surface area contributed by atoms with Gasteiger partial charge in [0.25, 0.3) is 0 Å². The number of carbonyl (C=O) groups is 1. The van der Waals surface area contributed by atoms with Gasteiger partial charge < -0.3 is 18.9 Å². The van der Waals surface area contributed by atoms with Crippen LogP contribution in [0.4, 0.5) is 48.7 Å². The average molecular weight is 889 g/mol. The van der Waals surface area contributed by atoms with E-state index in [2.05, 4.69) is 0 Å². The molecule has 0 spiro atoms. The Kier molecular flexibility index (Phi) is 15.3. The molecule has 18 heteroatoms.